The number of nitrogens with one attached hydrogen (secondary N) is 2. The minimum absolute atomic E-state index is 0.0325. The van der Waals surface area contributed by atoms with Crippen molar-refractivity contribution < 1.29 is 19.1 Å². The summed E-state index contributed by atoms with van der Waals surface area (Å²) < 4.78 is 10.8. The van der Waals surface area contributed by atoms with Crippen LogP contribution in [0.25, 0.3) is 0 Å². The molecule has 0 heterocycles. The Bertz CT molecular complexity index is 599. The van der Waals surface area contributed by atoms with Crippen molar-refractivity contribution in [2.24, 2.45) is 11.7 Å². The maximum Gasteiger partial charge on any atom is 0.258 e. The number of carbonyl (C=O) groups excluding carboxylic acids is 2. The highest BCUT2D eigenvalue weighted by Gasteiger charge is 2.23. The topological polar surface area (TPSA) is 103 Å². The molecule has 0 aromatic heterocycles. The maximum atomic E-state index is 12.0. The van der Waals surface area contributed by atoms with Crippen molar-refractivity contribution in [2.45, 2.75) is 38.8 Å². The van der Waals surface area contributed by atoms with E-state index in [0.717, 1.165) is 12.8 Å². The fourth-order valence-corrected chi connectivity index (χ4v) is 2.04. The molecule has 7 heteroatoms. The molecule has 1 aromatic rings. The molecule has 7 nitrogen and oxygen atoms in total. The van der Waals surface area contributed by atoms with Crippen molar-refractivity contribution in [3.05, 3.63) is 18.2 Å². The molecule has 2 amide bonds. The van der Waals surface area contributed by atoms with Crippen molar-refractivity contribution in [3.63, 3.8) is 0 Å². The average Bonchev–Trinajstić information content (AvgIpc) is 3.36. The van der Waals surface area contributed by atoms with Crippen LogP contribution in [0.4, 0.5) is 5.69 Å². The highest BCUT2D eigenvalue weighted by Crippen LogP contribution is 2.30. The van der Waals surface area contributed by atoms with Crippen molar-refractivity contribution in [1.29, 1.82) is 0 Å². The third kappa shape index (κ3) is 5.13. The minimum atomic E-state index is -0.596. The predicted molar refractivity (Wildman–Crippen MR) is 91.1 cm³/mol. The van der Waals surface area contributed by atoms with E-state index in [0.29, 0.717) is 17.2 Å². The molecule has 0 spiro atoms. The summed E-state index contributed by atoms with van der Waals surface area (Å²) in [7, 11) is 1.51. The average molecular weight is 335 g/mol. The van der Waals surface area contributed by atoms with Gasteiger partial charge in [0.15, 0.2) is 18.1 Å². The van der Waals surface area contributed by atoms with Crippen LogP contribution in [-0.4, -0.2) is 37.6 Å². The second-order valence-electron chi connectivity index (χ2n) is 6.26. The molecule has 1 aliphatic carbocycles. The lowest BCUT2D eigenvalue weighted by Crippen LogP contribution is -2.39. The highest BCUT2D eigenvalue weighted by atomic mass is 16.5. The Morgan fingerprint density at radius 1 is 1.29 bits per heavy atom. The summed E-state index contributed by atoms with van der Waals surface area (Å²) in [6.45, 7) is 3.66. The number of anilines is 1. The third-order valence-corrected chi connectivity index (χ3v) is 3.75. The molecule has 0 unspecified atom stereocenters. The number of nitrogens with two attached hydrogens (primary N) is 1. The van der Waals surface area contributed by atoms with E-state index in [1.165, 1.54) is 7.11 Å². The molecule has 132 valence electrons. The van der Waals surface area contributed by atoms with Crippen molar-refractivity contribution in [1.82, 2.24) is 5.32 Å². The number of rotatable bonds is 8. The van der Waals surface area contributed by atoms with Gasteiger partial charge in [0, 0.05) is 17.8 Å². The quantitative estimate of drug-likeness (QED) is 0.664. The molecule has 0 saturated heterocycles. The zero-order valence-electron chi connectivity index (χ0n) is 14.3. The molecule has 24 heavy (non-hydrogen) atoms. The van der Waals surface area contributed by atoms with E-state index in [1.807, 2.05) is 13.8 Å². The van der Waals surface area contributed by atoms with Gasteiger partial charge in [-0.1, -0.05) is 13.8 Å². The number of carbonyl (C=O) groups is 2. The summed E-state index contributed by atoms with van der Waals surface area (Å²) in [4.78, 5) is 23.8. The summed E-state index contributed by atoms with van der Waals surface area (Å²) in [6.07, 6.45) is 2.04. The Balaban J connectivity index is 2.00. The first-order valence-electron chi connectivity index (χ1n) is 8.07. The van der Waals surface area contributed by atoms with E-state index in [2.05, 4.69) is 10.6 Å². The molecule has 1 saturated carbocycles. The van der Waals surface area contributed by atoms with Gasteiger partial charge in [-0.05, 0) is 30.9 Å². The van der Waals surface area contributed by atoms with E-state index in [1.54, 1.807) is 18.2 Å². The number of methoxy groups -OCH3 is 1. The smallest absolute Gasteiger partial charge is 0.258 e. The zero-order chi connectivity index (χ0) is 17.7. The number of ether oxygens (including phenoxy) is 2. The van der Waals surface area contributed by atoms with Crippen molar-refractivity contribution in [2.75, 3.05) is 19.0 Å². The Labute approximate surface area is 141 Å². The number of hydrogen-bond donors (Lipinski definition) is 3. The molecular weight excluding hydrogens is 310 g/mol. The summed E-state index contributed by atoms with van der Waals surface area (Å²) >= 11 is 0. The fraction of sp³-hybridized carbons (Fsp3) is 0.529. The highest BCUT2D eigenvalue weighted by molar-refractivity contribution is 5.95. The second kappa shape index (κ2) is 8.01. The van der Waals surface area contributed by atoms with Crippen LogP contribution < -0.4 is 25.8 Å². The zero-order valence-corrected chi connectivity index (χ0v) is 14.3. The molecule has 4 N–H and O–H groups in total. The van der Waals surface area contributed by atoms with E-state index in [-0.39, 0.29) is 30.4 Å². The first kappa shape index (κ1) is 18.1. The summed E-state index contributed by atoms with van der Waals surface area (Å²) in [6, 6.07) is 4.67. The normalized spacial score (nSPS) is 14.9. The lowest BCUT2D eigenvalue weighted by Gasteiger charge is -2.17. The van der Waals surface area contributed by atoms with E-state index in [9.17, 15) is 9.59 Å². The van der Waals surface area contributed by atoms with Gasteiger partial charge in [-0.3, -0.25) is 9.59 Å². The molecule has 1 atom stereocenters. The number of benzene rings is 1. The SMILES string of the molecule is COc1ccc(NC(=O)[C@@H](N)C(C)C)cc1OCC(=O)NC1CC1. The van der Waals surface area contributed by atoms with Crippen LogP contribution in [0.1, 0.15) is 26.7 Å². The third-order valence-electron chi connectivity index (χ3n) is 3.75. The fourth-order valence-electron chi connectivity index (χ4n) is 2.04. The minimum Gasteiger partial charge on any atom is -0.493 e. The van der Waals surface area contributed by atoms with Gasteiger partial charge in [-0.2, -0.15) is 0 Å². The van der Waals surface area contributed by atoms with Crippen molar-refractivity contribution in [3.8, 4) is 11.5 Å². The summed E-state index contributed by atoms with van der Waals surface area (Å²) in [5, 5.41) is 5.59. The molecule has 1 aliphatic rings. The van der Waals surface area contributed by atoms with Crippen LogP contribution in [0.15, 0.2) is 18.2 Å². The van der Waals surface area contributed by atoms with Gasteiger partial charge in [0.1, 0.15) is 0 Å². The van der Waals surface area contributed by atoms with Gasteiger partial charge >= 0.3 is 0 Å². The molecule has 1 aromatic carbocycles. The van der Waals surface area contributed by atoms with E-state index < -0.39 is 6.04 Å². The van der Waals surface area contributed by atoms with Gasteiger partial charge in [0.2, 0.25) is 5.91 Å². The van der Waals surface area contributed by atoms with Gasteiger partial charge in [0.25, 0.3) is 5.91 Å². The van der Waals surface area contributed by atoms with Crippen LogP contribution in [-0.2, 0) is 9.59 Å². The largest absolute Gasteiger partial charge is 0.493 e. The van der Waals surface area contributed by atoms with Crippen molar-refractivity contribution >= 4 is 17.5 Å². The Kier molecular flexibility index (Phi) is 6.03. The molecule has 0 aliphatic heterocycles. The van der Waals surface area contributed by atoms with Gasteiger partial charge < -0.3 is 25.8 Å². The number of hydrogen-bond acceptors (Lipinski definition) is 5. The Morgan fingerprint density at radius 2 is 2.00 bits per heavy atom. The molecule has 0 bridgehead atoms. The molecule has 2 rings (SSSR count). The predicted octanol–water partition coefficient (Wildman–Crippen LogP) is 1.27. The van der Waals surface area contributed by atoms with Crippen LogP contribution in [0, 0.1) is 5.92 Å². The van der Waals surface area contributed by atoms with Gasteiger partial charge in [-0.25, -0.2) is 0 Å². The monoisotopic (exact) mass is 335 g/mol. The summed E-state index contributed by atoms with van der Waals surface area (Å²) in [5.41, 5.74) is 6.37. The van der Waals surface area contributed by atoms with Gasteiger partial charge in [0.05, 0.1) is 13.2 Å². The van der Waals surface area contributed by atoms with Crippen LogP contribution >= 0.6 is 0 Å². The molecular formula is C17H25N3O4. The van der Waals surface area contributed by atoms with Crippen LogP contribution in [0.2, 0.25) is 0 Å². The first-order valence-corrected chi connectivity index (χ1v) is 8.07. The van der Waals surface area contributed by atoms with Crippen LogP contribution in [0.5, 0.6) is 11.5 Å². The molecule has 0 radical (unpaired) electrons. The maximum absolute atomic E-state index is 12.0. The van der Waals surface area contributed by atoms with Gasteiger partial charge in [-0.15, -0.1) is 0 Å². The molecule has 1 fully saturated rings. The van der Waals surface area contributed by atoms with E-state index in [4.69, 9.17) is 15.2 Å². The van der Waals surface area contributed by atoms with Crippen LogP contribution in [0.3, 0.4) is 0 Å². The lowest BCUT2D eigenvalue weighted by atomic mass is 10.0. The number of amides is 2. The second-order valence-corrected chi connectivity index (χ2v) is 6.26. The Hall–Kier alpha value is -2.28. The lowest BCUT2D eigenvalue weighted by molar-refractivity contribution is -0.123. The standard InChI is InChI=1S/C17H25N3O4/c1-10(2)16(18)17(22)20-12-6-7-13(23-3)14(8-12)24-9-15(21)19-11-4-5-11/h6-8,10-11,16H,4-5,9,18H2,1-3H3,(H,19,21)(H,20,22)/t16-/m0/s1. The van der Waals surface area contributed by atoms with E-state index >= 15 is 0 Å². The Morgan fingerprint density at radius 3 is 2.58 bits per heavy atom. The summed E-state index contributed by atoms with van der Waals surface area (Å²) in [5.74, 6) is 0.466. The first-order chi connectivity index (χ1) is 11.4.